The van der Waals surface area contributed by atoms with Gasteiger partial charge >= 0.3 is 5.97 Å². The molecule has 2 aromatic carbocycles. The van der Waals surface area contributed by atoms with Gasteiger partial charge in [0.1, 0.15) is 5.75 Å². The van der Waals surface area contributed by atoms with E-state index < -0.39 is 11.9 Å². The largest absolute Gasteiger partial charge is 0.482 e. The standard InChI is InChI=1S/C21H22N2O4S/c1-13(2)15-6-4-5-7-17(15)26-12-20(25)27-11-19(24)23-21-22-16-9-8-14(3)10-18(16)28-21/h4-10,13H,11-12H2,1-3H3,(H,22,23,24). The van der Waals surface area contributed by atoms with E-state index in [1.54, 1.807) is 0 Å². The summed E-state index contributed by atoms with van der Waals surface area (Å²) in [7, 11) is 0. The Morgan fingerprint density at radius 3 is 2.71 bits per heavy atom. The van der Waals surface area contributed by atoms with Gasteiger partial charge in [0.25, 0.3) is 5.91 Å². The molecule has 3 rings (SSSR count). The minimum atomic E-state index is -0.603. The van der Waals surface area contributed by atoms with Crippen LogP contribution in [-0.2, 0) is 14.3 Å². The number of fused-ring (bicyclic) bond motifs is 1. The minimum absolute atomic E-state index is 0.253. The number of benzene rings is 2. The lowest BCUT2D eigenvalue weighted by Crippen LogP contribution is -2.23. The summed E-state index contributed by atoms with van der Waals surface area (Å²) < 4.78 is 11.5. The van der Waals surface area contributed by atoms with Gasteiger partial charge in [0.15, 0.2) is 18.3 Å². The molecule has 0 fully saturated rings. The molecule has 3 aromatic rings. The van der Waals surface area contributed by atoms with Crippen LogP contribution in [0.3, 0.4) is 0 Å². The highest BCUT2D eigenvalue weighted by atomic mass is 32.1. The van der Waals surface area contributed by atoms with E-state index in [0.29, 0.717) is 10.9 Å². The fourth-order valence-electron chi connectivity index (χ4n) is 2.65. The van der Waals surface area contributed by atoms with Gasteiger partial charge < -0.3 is 9.47 Å². The Balaban J connectivity index is 1.48. The number of carbonyl (C=O) groups is 2. The zero-order chi connectivity index (χ0) is 20.1. The lowest BCUT2D eigenvalue weighted by Gasteiger charge is -2.13. The Bertz CT molecular complexity index is 997. The number of hydrogen-bond donors (Lipinski definition) is 1. The summed E-state index contributed by atoms with van der Waals surface area (Å²) >= 11 is 1.38. The third-order valence-corrected chi connectivity index (χ3v) is 4.97. The van der Waals surface area contributed by atoms with Crippen molar-refractivity contribution in [3.8, 4) is 5.75 Å². The van der Waals surface area contributed by atoms with E-state index in [1.165, 1.54) is 11.3 Å². The van der Waals surface area contributed by atoms with Crippen LogP contribution in [0.1, 0.15) is 30.9 Å². The number of hydrogen-bond acceptors (Lipinski definition) is 6. The maximum Gasteiger partial charge on any atom is 0.344 e. The highest BCUT2D eigenvalue weighted by molar-refractivity contribution is 7.22. The number of nitrogens with one attached hydrogen (secondary N) is 1. The molecule has 1 N–H and O–H groups in total. The number of para-hydroxylation sites is 1. The number of thiazole rings is 1. The Hall–Kier alpha value is -2.93. The van der Waals surface area contributed by atoms with Crippen LogP contribution in [-0.4, -0.2) is 30.1 Å². The SMILES string of the molecule is Cc1ccc2nc(NC(=O)COC(=O)COc3ccccc3C(C)C)sc2c1. The first-order valence-corrected chi connectivity index (χ1v) is 9.78. The van der Waals surface area contributed by atoms with Crippen LogP contribution >= 0.6 is 11.3 Å². The Morgan fingerprint density at radius 2 is 1.93 bits per heavy atom. The van der Waals surface area contributed by atoms with Gasteiger partial charge in [0.05, 0.1) is 10.2 Å². The molecular weight excluding hydrogens is 376 g/mol. The van der Waals surface area contributed by atoms with Crippen LogP contribution < -0.4 is 10.1 Å². The Labute approximate surface area is 167 Å². The van der Waals surface area contributed by atoms with Crippen molar-refractivity contribution < 1.29 is 19.1 Å². The minimum Gasteiger partial charge on any atom is -0.482 e. The number of ether oxygens (including phenoxy) is 2. The highest BCUT2D eigenvalue weighted by Crippen LogP contribution is 2.27. The van der Waals surface area contributed by atoms with Crippen molar-refractivity contribution in [3.05, 3.63) is 53.6 Å². The first-order valence-electron chi connectivity index (χ1n) is 8.97. The fourth-order valence-corrected chi connectivity index (χ4v) is 3.63. The fraction of sp³-hybridized carbons (Fsp3) is 0.286. The average Bonchev–Trinajstić information content (AvgIpc) is 3.06. The van der Waals surface area contributed by atoms with Crippen molar-refractivity contribution in [2.45, 2.75) is 26.7 Å². The zero-order valence-electron chi connectivity index (χ0n) is 16.0. The molecule has 1 aromatic heterocycles. The molecule has 0 radical (unpaired) electrons. The summed E-state index contributed by atoms with van der Waals surface area (Å²) in [5, 5.41) is 3.13. The van der Waals surface area contributed by atoms with Crippen LogP contribution in [0.2, 0.25) is 0 Å². The number of aromatic nitrogens is 1. The van der Waals surface area contributed by atoms with Crippen LogP contribution in [0.15, 0.2) is 42.5 Å². The normalized spacial score (nSPS) is 10.9. The maximum atomic E-state index is 12.0. The number of anilines is 1. The molecule has 0 unspecified atom stereocenters. The average molecular weight is 398 g/mol. The Kier molecular flexibility index (Phi) is 6.26. The van der Waals surface area contributed by atoms with E-state index in [2.05, 4.69) is 10.3 Å². The summed E-state index contributed by atoms with van der Waals surface area (Å²) in [5.74, 6) is -0.125. The molecule has 1 heterocycles. The quantitative estimate of drug-likeness (QED) is 0.601. The van der Waals surface area contributed by atoms with E-state index in [0.717, 1.165) is 21.3 Å². The summed E-state index contributed by atoms with van der Waals surface area (Å²) in [5.41, 5.74) is 2.96. The summed E-state index contributed by atoms with van der Waals surface area (Å²) in [6.45, 7) is 5.46. The number of nitrogens with zero attached hydrogens (tertiary/aromatic N) is 1. The molecule has 0 bridgehead atoms. The molecule has 28 heavy (non-hydrogen) atoms. The highest BCUT2D eigenvalue weighted by Gasteiger charge is 2.13. The zero-order valence-corrected chi connectivity index (χ0v) is 16.8. The monoisotopic (exact) mass is 398 g/mol. The molecule has 0 saturated carbocycles. The smallest absolute Gasteiger partial charge is 0.344 e. The second-order valence-electron chi connectivity index (χ2n) is 6.68. The number of esters is 1. The van der Waals surface area contributed by atoms with Crippen molar-refractivity contribution in [1.29, 1.82) is 0 Å². The van der Waals surface area contributed by atoms with Gasteiger partial charge in [-0.05, 0) is 42.2 Å². The predicted molar refractivity (Wildman–Crippen MR) is 110 cm³/mol. The maximum absolute atomic E-state index is 12.0. The van der Waals surface area contributed by atoms with E-state index in [9.17, 15) is 9.59 Å². The molecule has 0 atom stereocenters. The third kappa shape index (κ3) is 5.07. The second-order valence-corrected chi connectivity index (χ2v) is 7.71. The molecule has 0 spiro atoms. The lowest BCUT2D eigenvalue weighted by molar-refractivity contribution is -0.149. The van der Waals surface area contributed by atoms with Gasteiger partial charge in [-0.25, -0.2) is 9.78 Å². The molecule has 0 aliphatic carbocycles. The molecule has 6 nitrogen and oxygen atoms in total. The Morgan fingerprint density at radius 1 is 1.14 bits per heavy atom. The van der Waals surface area contributed by atoms with Crippen molar-refractivity contribution in [2.75, 3.05) is 18.5 Å². The summed E-state index contributed by atoms with van der Waals surface area (Å²) in [4.78, 5) is 28.3. The van der Waals surface area contributed by atoms with E-state index >= 15 is 0 Å². The topological polar surface area (TPSA) is 77.5 Å². The van der Waals surface area contributed by atoms with Crippen LogP contribution in [0.4, 0.5) is 5.13 Å². The summed E-state index contributed by atoms with van der Waals surface area (Å²) in [6, 6.07) is 13.4. The van der Waals surface area contributed by atoms with E-state index in [-0.39, 0.29) is 19.1 Å². The van der Waals surface area contributed by atoms with Gasteiger partial charge in [-0.2, -0.15) is 0 Å². The lowest BCUT2D eigenvalue weighted by atomic mass is 10.0. The first kappa shape index (κ1) is 19.8. The molecule has 146 valence electrons. The third-order valence-electron chi connectivity index (χ3n) is 4.04. The van der Waals surface area contributed by atoms with Crippen LogP contribution in [0, 0.1) is 6.92 Å². The summed E-state index contributed by atoms with van der Waals surface area (Å²) in [6.07, 6.45) is 0. The molecular formula is C21H22N2O4S. The number of amides is 1. The number of aryl methyl sites for hydroxylation is 1. The molecule has 0 aliphatic rings. The molecule has 0 saturated heterocycles. The van der Waals surface area contributed by atoms with Gasteiger partial charge in [-0.1, -0.05) is 49.4 Å². The van der Waals surface area contributed by atoms with Crippen LogP contribution in [0.25, 0.3) is 10.2 Å². The number of carbonyl (C=O) groups excluding carboxylic acids is 2. The molecule has 0 aliphatic heterocycles. The van der Waals surface area contributed by atoms with Gasteiger partial charge in [-0.3, -0.25) is 10.1 Å². The van der Waals surface area contributed by atoms with Crippen molar-refractivity contribution >= 4 is 38.6 Å². The van der Waals surface area contributed by atoms with Crippen molar-refractivity contribution in [1.82, 2.24) is 4.98 Å². The van der Waals surface area contributed by atoms with E-state index in [4.69, 9.17) is 9.47 Å². The first-order chi connectivity index (χ1) is 13.4. The van der Waals surface area contributed by atoms with Crippen LogP contribution in [0.5, 0.6) is 5.75 Å². The predicted octanol–water partition coefficient (Wildman–Crippen LogP) is 4.29. The van der Waals surface area contributed by atoms with Gasteiger partial charge in [0, 0.05) is 0 Å². The molecule has 7 heteroatoms. The van der Waals surface area contributed by atoms with Crippen molar-refractivity contribution in [3.63, 3.8) is 0 Å². The number of rotatable bonds is 7. The van der Waals surface area contributed by atoms with Gasteiger partial charge in [0.2, 0.25) is 0 Å². The second kappa shape index (κ2) is 8.84. The molecule has 1 amide bonds. The van der Waals surface area contributed by atoms with E-state index in [1.807, 2.05) is 63.2 Å². The van der Waals surface area contributed by atoms with Gasteiger partial charge in [-0.15, -0.1) is 0 Å². The van der Waals surface area contributed by atoms with Crippen molar-refractivity contribution in [2.24, 2.45) is 0 Å².